The van der Waals surface area contributed by atoms with E-state index in [1.54, 1.807) is 6.33 Å². The van der Waals surface area contributed by atoms with E-state index >= 15 is 0 Å². The zero-order chi connectivity index (χ0) is 18.9. The fourth-order valence-electron chi connectivity index (χ4n) is 3.76. The van der Waals surface area contributed by atoms with Gasteiger partial charge in [-0.05, 0) is 54.6 Å². The van der Waals surface area contributed by atoms with E-state index in [4.69, 9.17) is 9.47 Å². The summed E-state index contributed by atoms with van der Waals surface area (Å²) in [4.78, 5) is 11.9. The van der Waals surface area contributed by atoms with Gasteiger partial charge in [0, 0.05) is 25.3 Å². The molecule has 0 bridgehead atoms. The van der Waals surface area contributed by atoms with E-state index in [9.17, 15) is 0 Å². The summed E-state index contributed by atoms with van der Waals surface area (Å²) in [6.45, 7) is 3.54. The minimum absolute atomic E-state index is 0.307. The number of H-pyrrole nitrogens is 1. The van der Waals surface area contributed by atoms with Crippen molar-refractivity contribution in [1.82, 2.24) is 14.9 Å². The maximum Gasteiger partial charge on any atom is 0.139 e. The summed E-state index contributed by atoms with van der Waals surface area (Å²) in [5, 5.41) is 0. The number of anilines is 1. The molecule has 3 heterocycles. The van der Waals surface area contributed by atoms with Crippen molar-refractivity contribution in [2.45, 2.75) is 18.9 Å². The summed E-state index contributed by atoms with van der Waals surface area (Å²) in [5.41, 5.74) is 4.50. The number of imidazole rings is 1. The molecule has 0 aliphatic carbocycles. The molecule has 2 aromatic carbocycles. The van der Waals surface area contributed by atoms with Crippen molar-refractivity contribution in [1.29, 1.82) is 0 Å². The van der Waals surface area contributed by atoms with Gasteiger partial charge in [0.05, 0.1) is 18.2 Å². The Morgan fingerprint density at radius 3 is 2.89 bits per heavy atom. The molecule has 3 aromatic rings. The van der Waals surface area contributed by atoms with Gasteiger partial charge in [-0.2, -0.15) is 0 Å². The first-order chi connectivity index (χ1) is 13.8. The van der Waals surface area contributed by atoms with Gasteiger partial charge in [0.2, 0.25) is 0 Å². The standard InChI is InChI=1S/C22H24N4O2/c1-25-9-10-26(13-21-22(25)28-21)18-4-2-3-16(11-18)14-27-19-7-5-17(6-8-19)20-12-23-15-24-20/h2-8,11-12,15,21-22H,9-10,13-14H2,1H3,(H,23,24). The lowest BCUT2D eigenvalue weighted by Crippen LogP contribution is -2.31. The normalized spacial score (nSPS) is 21.8. The molecule has 1 N–H and O–H groups in total. The maximum absolute atomic E-state index is 6.00. The molecule has 0 radical (unpaired) electrons. The summed E-state index contributed by atoms with van der Waals surface area (Å²) in [6, 6.07) is 16.7. The lowest BCUT2D eigenvalue weighted by molar-refractivity contribution is 0.209. The average molecular weight is 376 g/mol. The number of nitrogens with one attached hydrogen (secondary N) is 1. The molecule has 0 saturated carbocycles. The predicted molar refractivity (Wildman–Crippen MR) is 108 cm³/mol. The average Bonchev–Trinajstić information content (AvgIpc) is 3.33. The van der Waals surface area contributed by atoms with Crippen LogP contribution in [-0.2, 0) is 11.3 Å². The third-order valence-electron chi connectivity index (χ3n) is 5.46. The first-order valence-electron chi connectivity index (χ1n) is 9.67. The van der Waals surface area contributed by atoms with Crippen LogP contribution < -0.4 is 9.64 Å². The molecule has 1 aromatic heterocycles. The van der Waals surface area contributed by atoms with Crippen molar-refractivity contribution in [2.24, 2.45) is 0 Å². The molecule has 144 valence electrons. The minimum atomic E-state index is 0.307. The molecule has 6 nitrogen and oxygen atoms in total. The molecule has 0 spiro atoms. The lowest BCUT2D eigenvalue weighted by Gasteiger charge is -2.24. The van der Waals surface area contributed by atoms with E-state index in [0.29, 0.717) is 18.9 Å². The second-order valence-electron chi connectivity index (χ2n) is 7.44. The van der Waals surface area contributed by atoms with E-state index in [2.05, 4.69) is 51.1 Å². The molecule has 28 heavy (non-hydrogen) atoms. The number of aromatic amines is 1. The van der Waals surface area contributed by atoms with Gasteiger partial charge >= 0.3 is 0 Å². The van der Waals surface area contributed by atoms with Gasteiger partial charge in [-0.25, -0.2) is 4.98 Å². The van der Waals surface area contributed by atoms with Crippen LogP contribution in [0, 0.1) is 0 Å². The van der Waals surface area contributed by atoms with Crippen LogP contribution in [0.25, 0.3) is 11.3 Å². The number of ether oxygens (including phenoxy) is 2. The molecule has 2 unspecified atom stereocenters. The molecule has 6 heteroatoms. The number of rotatable bonds is 5. The third-order valence-corrected chi connectivity index (χ3v) is 5.46. The van der Waals surface area contributed by atoms with Gasteiger partial charge in [0.25, 0.3) is 0 Å². The topological polar surface area (TPSA) is 56.9 Å². The van der Waals surface area contributed by atoms with E-state index < -0.39 is 0 Å². The Bertz CT molecular complexity index is 926. The zero-order valence-electron chi connectivity index (χ0n) is 15.9. The first kappa shape index (κ1) is 17.3. The Hall–Kier alpha value is -2.83. The van der Waals surface area contributed by atoms with Gasteiger partial charge in [0.15, 0.2) is 0 Å². The van der Waals surface area contributed by atoms with Crippen LogP contribution in [0.15, 0.2) is 61.1 Å². The Kier molecular flexibility index (Phi) is 4.50. The number of aromatic nitrogens is 2. The number of fused-ring (bicyclic) bond motifs is 1. The van der Waals surface area contributed by atoms with Crippen LogP contribution in [0.1, 0.15) is 5.56 Å². The van der Waals surface area contributed by atoms with E-state index in [-0.39, 0.29) is 0 Å². The molecule has 2 aliphatic heterocycles. The van der Waals surface area contributed by atoms with Crippen LogP contribution in [0.2, 0.25) is 0 Å². The second kappa shape index (κ2) is 7.30. The Morgan fingerprint density at radius 1 is 1.18 bits per heavy atom. The van der Waals surface area contributed by atoms with E-state index in [1.165, 1.54) is 11.3 Å². The Labute approximate surface area is 164 Å². The van der Waals surface area contributed by atoms with Crippen LogP contribution in [-0.4, -0.2) is 53.9 Å². The fraction of sp³-hybridized carbons (Fsp3) is 0.318. The highest BCUT2D eigenvalue weighted by Crippen LogP contribution is 2.30. The van der Waals surface area contributed by atoms with E-state index in [1.807, 2.05) is 30.5 Å². The summed E-state index contributed by atoms with van der Waals surface area (Å²) in [5.74, 6) is 0.860. The van der Waals surface area contributed by atoms with Gasteiger partial charge in [-0.1, -0.05) is 12.1 Å². The van der Waals surface area contributed by atoms with Crippen molar-refractivity contribution in [3.8, 4) is 17.0 Å². The van der Waals surface area contributed by atoms with Gasteiger partial charge in [-0.15, -0.1) is 0 Å². The number of benzene rings is 2. The van der Waals surface area contributed by atoms with Gasteiger partial charge < -0.3 is 19.4 Å². The minimum Gasteiger partial charge on any atom is -0.489 e. The van der Waals surface area contributed by atoms with E-state index in [0.717, 1.165) is 36.6 Å². The van der Waals surface area contributed by atoms with Crippen LogP contribution in [0.4, 0.5) is 5.69 Å². The summed E-state index contributed by atoms with van der Waals surface area (Å²) in [7, 11) is 2.13. The molecule has 2 atom stereocenters. The summed E-state index contributed by atoms with van der Waals surface area (Å²) < 4.78 is 11.7. The molecular formula is C22H24N4O2. The number of likely N-dealkylation sites (N-methyl/N-ethyl adjacent to an activating group) is 1. The quantitative estimate of drug-likeness (QED) is 0.694. The van der Waals surface area contributed by atoms with Gasteiger partial charge in [-0.3, -0.25) is 4.90 Å². The van der Waals surface area contributed by atoms with Gasteiger partial charge in [0.1, 0.15) is 24.7 Å². The van der Waals surface area contributed by atoms with Crippen LogP contribution in [0.3, 0.4) is 0 Å². The lowest BCUT2D eigenvalue weighted by atomic mass is 10.1. The highest BCUT2D eigenvalue weighted by atomic mass is 16.6. The highest BCUT2D eigenvalue weighted by molar-refractivity contribution is 5.59. The summed E-state index contributed by atoms with van der Waals surface area (Å²) in [6.07, 6.45) is 4.14. The number of nitrogens with zero attached hydrogens (tertiary/aromatic N) is 3. The monoisotopic (exact) mass is 376 g/mol. The fourth-order valence-corrected chi connectivity index (χ4v) is 3.76. The Morgan fingerprint density at radius 2 is 2.07 bits per heavy atom. The SMILES string of the molecule is CN1CCN(c2cccc(COc3ccc(-c4cnc[nH]4)cc3)c2)CC2OC21. The molecule has 0 amide bonds. The van der Waals surface area contributed by atoms with Crippen molar-refractivity contribution in [2.75, 3.05) is 31.6 Å². The van der Waals surface area contributed by atoms with Crippen molar-refractivity contribution < 1.29 is 9.47 Å². The van der Waals surface area contributed by atoms with Crippen LogP contribution in [0.5, 0.6) is 5.75 Å². The number of epoxide rings is 1. The smallest absolute Gasteiger partial charge is 0.139 e. The highest BCUT2D eigenvalue weighted by Gasteiger charge is 2.45. The molecular weight excluding hydrogens is 352 g/mol. The Balaban J connectivity index is 1.23. The second-order valence-corrected chi connectivity index (χ2v) is 7.44. The number of hydrogen-bond donors (Lipinski definition) is 1. The third kappa shape index (κ3) is 3.61. The summed E-state index contributed by atoms with van der Waals surface area (Å²) >= 11 is 0. The van der Waals surface area contributed by atoms with Crippen LogP contribution >= 0.6 is 0 Å². The largest absolute Gasteiger partial charge is 0.489 e. The molecule has 2 saturated heterocycles. The zero-order valence-corrected chi connectivity index (χ0v) is 15.9. The molecule has 2 aliphatic rings. The number of hydrogen-bond acceptors (Lipinski definition) is 5. The van der Waals surface area contributed by atoms with Crippen molar-refractivity contribution in [3.05, 3.63) is 66.6 Å². The van der Waals surface area contributed by atoms with Crippen molar-refractivity contribution in [3.63, 3.8) is 0 Å². The molecule has 5 rings (SSSR count). The van der Waals surface area contributed by atoms with Crippen molar-refractivity contribution >= 4 is 5.69 Å². The molecule has 2 fully saturated rings. The maximum atomic E-state index is 6.00. The first-order valence-corrected chi connectivity index (χ1v) is 9.67. The predicted octanol–water partition coefficient (Wildman–Crippen LogP) is 3.13.